The number of rotatable bonds is 4. The van der Waals surface area contributed by atoms with Crippen molar-refractivity contribution >= 4 is 44.7 Å². The third kappa shape index (κ3) is 4.88. The van der Waals surface area contributed by atoms with Crippen molar-refractivity contribution in [1.29, 1.82) is 0 Å². The number of hydrogen-bond acceptors (Lipinski definition) is 2. The maximum atomic E-state index is 12.5. The average molecular weight is 475 g/mol. The average Bonchev–Trinajstić information content (AvgIpc) is 3.05. The minimum atomic E-state index is -4.37. The van der Waals surface area contributed by atoms with Crippen molar-refractivity contribution in [3.05, 3.63) is 69.9 Å². The van der Waals surface area contributed by atoms with Crippen molar-refractivity contribution in [3.63, 3.8) is 0 Å². The van der Waals surface area contributed by atoms with E-state index in [1.807, 2.05) is 30.3 Å². The van der Waals surface area contributed by atoms with Gasteiger partial charge in [-0.2, -0.15) is 13.2 Å². The Bertz CT molecular complexity index is 971. The summed E-state index contributed by atoms with van der Waals surface area (Å²) in [5.41, 5.74) is 1.64. The fourth-order valence-electron chi connectivity index (χ4n) is 2.39. The van der Waals surface area contributed by atoms with Crippen LogP contribution in [-0.4, -0.2) is 27.3 Å². The first-order valence-electron chi connectivity index (χ1n) is 7.70. The maximum Gasteiger partial charge on any atom is 0.405 e. The maximum absolute atomic E-state index is 12.5. The number of nitrogens with one attached hydrogen (secondary N) is 1. The quantitative estimate of drug-likeness (QED) is 0.486. The molecule has 0 saturated carbocycles. The number of hydrogen-bond donors (Lipinski definition) is 1. The Morgan fingerprint density at radius 1 is 1.15 bits per heavy atom. The fraction of sp³-hybridized carbons (Fsp3) is 0.111. The van der Waals surface area contributed by atoms with Gasteiger partial charge < -0.3 is 5.32 Å². The Hall–Kier alpha value is -1.90. The van der Waals surface area contributed by atoms with Crippen LogP contribution in [0.15, 0.2) is 59.2 Å². The Kier molecular flexibility index (Phi) is 5.88. The van der Waals surface area contributed by atoms with Crippen LogP contribution in [0.2, 0.25) is 5.02 Å². The van der Waals surface area contributed by atoms with E-state index in [9.17, 15) is 13.2 Å². The monoisotopic (exact) mass is 473 g/mol. The second-order valence-electron chi connectivity index (χ2n) is 5.57. The molecule has 0 aliphatic rings. The van der Waals surface area contributed by atoms with Crippen molar-refractivity contribution in [2.45, 2.75) is 6.18 Å². The third-order valence-corrected chi connectivity index (χ3v) is 4.82. The highest BCUT2D eigenvalue weighted by Gasteiger charge is 2.27. The van der Waals surface area contributed by atoms with Gasteiger partial charge in [-0.1, -0.05) is 51.9 Å². The van der Waals surface area contributed by atoms with Crippen LogP contribution in [0.1, 0.15) is 5.69 Å². The first kappa shape index (κ1) is 19.9. The summed E-state index contributed by atoms with van der Waals surface area (Å²) in [6, 6.07) is 14.5. The molecule has 1 N–H and O–H groups in total. The van der Waals surface area contributed by atoms with Gasteiger partial charge in [0.05, 0.1) is 5.02 Å². The molecule has 0 spiro atoms. The second-order valence-corrected chi connectivity index (χ2v) is 7.30. The van der Waals surface area contributed by atoms with Gasteiger partial charge in [0.2, 0.25) is 0 Å². The number of imidazole rings is 1. The zero-order chi connectivity index (χ0) is 19.6. The van der Waals surface area contributed by atoms with E-state index >= 15 is 0 Å². The highest BCUT2D eigenvalue weighted by Crippen LogP contribution is 2.29. The molecule has 0 aliphatic carbocycles. The highest BCUT2D eigenvalue weighted by atomic mass is 79.9. The number of halogens is 5. The van der Waals surface area contributed by atoms with Gasteiger partial charge in [-0.3, -0.25) is 4.57 Å². The molecule has 1 aromatic heterocycles. The molecule has 0 aliphatic heterocycles. The molecule has 0 amide bonds. The summed E-state index contributed by atoms with van der Waals surface area (Å²) < 4.78 is 40.0. The van der Waals surface area contributed by atoms with Crippen molar-refractivity contribution < 1.29 is 13.2 Å². The van der Waals surface area contributed by atoms with Gasteiger partial charge in [0.25, 0.3) is 0 Å². The molecule has 2 aromatic carbocycles. The molecule has 27 heavy (non-hydrogen) atoms. The fourth-order valence-corrected chi connectivity index (χ4v) is 3.05. The van der Waals surface area contributed by atoms with Gasteiger partial charge in [-0.25, -0.2) is 4.98 Å². The topological polar surface area (TPSA) is 29.9 Å². The van der Waals surface area contributed by atoms with Crippen molar-refractivity contribution in [3.8, 4) is 17.1 Å². The number of benzene rings is 2. The summed E-state index contributed by atoms with van der Waals surface area (Å²) in [5.74, 6) is 0.481. The first-order chi connectivity index (χ1) is 12.7. The van der Waals surface area contributed by atoms with E-state index in [4.69, 9.17) is 23.8 Å². The summed E-state index contributed by atoms with van der Waals surface area (Å²) in [5, 5.41) is 2.67. The van der Waals surface area contributed by atoms with E-state index in [1.165, 1.54) is 0 Å². The lowest BCUT2D eigenvalue weighted by molar-refractivity contribution is -0.121. The molecule has 3 nitrogen and oxygen atoms in total. The third-order valence-electron chi connectivity index (χ3n) is 3.61. The van der Waals surface area contributed by atoms with Crippen LogP contribution in [0.3, 0.4) is 0 Å². The van der Waals surface area contributed by atoms with Gasteiger partial charge in [0, 0.05) is 21.9 Å². The largest absolute Gasteiger partial charge is 0.405 e. The summed E-state index contributed by atoms with van der Waals surface area (Å²) in [6.07, 6.45) is -2.78. The van der Waals surface area contributed by atoms with E-state index in [-0.39, 0.29) is 10.7 Å². The number of aromatic nitrogens is 2. The minimum absolute atomic E-state index is 0.0866. The van der Waals surface area contributed by atoms with E-state index in [1.54, 1.807) is 29.0 Å². The summed E-state index contributed by atoms with van der Waals surface area (Å²) in [4.78, 5) is 4.35. The van der Waals surface area contributed by atoms with E-state index in [0.717, 1.165) is 10.2 Å². The molecule has 0 unspecified atom stereocenters. The van der Waals surface area contributed by atoms with Crippen LogP contribution in [0, 0.1) is 0 Å². The Balaban J connectivity index is 2.05. The van der Waals surface area contributed by atoms with Crippen molar-refractivity contribution in [1.82, 2.24) is 14.9 Å². The van der Waals surface area contributed by atoms with Crippen molar-refractivity contribution in [2.24, 2.45) is 0 Å². The van der Waals surface area contributed by atoms with Crippen LogP contribution in [-0.2, 0) is 0 Å². The molecule has 0 radical (unpaired) electrons. The van der Waals surface area contributed by atoms with E-state index in [2.05, 4.69) is 26.2 Å². The molecule has 9 heteroatoms. The van der Waals surface area contributed by atoms with E-state index < -0.39 is 12.7 Å². The minimum Gasteiger partial charge on any atom is -0.366 e. The van der Waals surface area contributed by atoms with Gasteiger partial charge in [-0.05, 0) is 36.4 Å². The zero-order valence-corrected chi connectivity index (χ0v) is 16.8. The zero-order valence-electron chi connectivity index (χ0n) is 13.6. The predicted molar refractivity (Wildman–Crippen MR) is 107 cm³/mol. The standard InChI is InChI=1S/C18H12BrClF3N3S/c19-11-5-7-12(8-6-11)26-9-15(17(27)24-10-18(21,22)23)25-16(26)13-3-1-2-4-14(13)20/h1-9H,10H2,(H,24,27). The Labute approximate surface area is 172 Å². The molecular formula is C18H12BrClF3N3S. The highest BCUT2D eigenvalue weighted by molar-refractivity contribution is 9.10. The summed E-state index contributed by atoms with van der Waals surface area (Å²) in [6.45, 7) is -1.22. The molecule has 0 saturated heterocycles. The van der Waals surface area contributed by atoms with Crippen LogP contribution in [0.5, 0.6) is 0 Å². The molecule has 140 valence electrons. The normalized spacial score (nSPS) is 11.4. The second kappa shape index (κ2) is 8.00. The van der Waals surface area contributed by atoms with Gasteiger partial charge in [-0.15, -0.1) is 0 Å². The molecule has 0 atom stereocenters. The van der Waals surface area contributed by atoms with Crippen LogP contribution >= 0.6 is 39.7 Å². The summed E-state index contributed by atoms with van der Waals surface area (Å²) in [7, 11) is 0. The molecule has 3 rings (SSSR count). The molecule has 0 fully saturated rings. The molecule has 0 bridgehead atoms. The molecule has 1 heterocycles. The Morgan fingerprint density at radius 3 is 2.44 bits per heavy atom. The lowest BCUT2D eigenvalue weighted by atomic mass is 10.2. The first-order valence-corrected chi connectivity index (χ1v) is 9.28. The van der Waals surface area contributed by atoms with Crippen LogP contribution < -0.4 is 5.32 Å². The van der Waals surface area contributed by atoms with E-state index in [0.29, 0.717) is 16.4 Å². The number of thiocarbonyl (C=S) groups is 1. The van der Waals surface area contributed by atoms with Crippen molar-refractivity contribution in [2.75, 3.05) is 6.54 Å². The van der Waals surface area contributed by atoms with Gasteiger partial charge >= 0.3 is 6.18 Å². The van der Waals surface area contributed by atoms with Crippen LogP contribution in [0.4, 0.5) is 13.2 Å². The molecular weight excluding hydrogens is 463 g/mol. The lowest BCUT2D eigenvalue weighted by Crippen LogP contribution is -2.33. The number of nitrogens with zero attached hydrogens (tertiary/aromatic N) is 2. The SMILES string of the molecule is FC(F)(F)CNC(=S)c1cn(-c2ccc(Br)cc2)c(-c2ccccc2Cl)n1. The molecule has 3 aromatic rings. The smallest absolute Gasteiger partial charge is 0.366 e. The lowest BCUT2D eigenvalue weighted by Gasteiger charge is -2.09. The summed E-state index contributed by atoms with van der Waals surface area (Å²) >= 11 is 14.8. The number of alkyl halides is 3. The van der Waals surface area contributed by atoms with Gasteiger partial charge in [0.15, 0.2) is 0 Å². The van der Waals surface area contributed by atoms with Crippen LogP contribution in [0.25, 0.3) is 17.1 Å². The predicted octanol–water partition coefficient (Wildman–Crippen LogP) is 5.78. The Morgan fingerprint density at radius 2 is 1.81 bits per heavy atom. The van der Waals surface area contributed by atoms with Gasteiger partial charge in [0.1, 0.15) is 23.1 Å².